The number of carbonyl (C=O) groups is 4. The number of Topliss-reactive ketones (excluding diaryl/α,β-unsaturated/α-hetero) is 1. The quantitative estimate of drug-likeness (QED) is 0.159. The molecule has 3 aromatic rings. The fourth-order valence-corrected chi connectivity index (χ4v) is 5.92. The fourth-order valence-electron chi connectivity index (χ4n) is 4.89. The molecule has 0 bridgehead atoms. The molecule has 2 heterocycles. The molecule has 0 spiro atoms. The van der Waals surface area contributed by atoms with E-state index in [1.165, 1.54) is 31.9 Å². The number of benzene rings is 2. The van der Waals surface area contributed by atoms with Gasteiger partial charge in [0, 0.05) is 43.3 Å². The molecule has 0 radical (unpaired) electrons. The zero-order valence-corrected chi connectivity index (χ0v) is 26.2. The molecule has 248 valence electrons. The van der Waals surface area contributed by atoms with Crippen molar-refractivity contribution >= 4 is 45.1 Å². The molecule has 0 fully saturated rings. The van der Waals surface area contributed by atoms with Crippen molar-refractivity contribution < 1.29 is 61.5 Å². The summed E-state index contributed by atoms with van der Waals surface area (Å²) in [5.41, 5.74) is 0.709. The van der Waals surface area contributed by atoms with Gasteiger partial charge in [0.2, 0.25) is 17.4 Å². The Bertz CT molecular complexity index is 1690. The molecule has 0 saturated carbocycles. The number of fused-ring (bicyclic) bond motifs is 2. The van der Waals surface area contributed by atoms with E-state index in [0.29, 0.717) is 16.9 Å². The van der Waals surface area contributed by atoms with Gasteiger partial charge in [0.1, 0.15) is 0 Å². The number of halogens is 3. The van der Waals surface area contributed by atoms with Gasteiger partial charge >= 0.3 is 11.9 Å². The number of thiophene rings is 1. The van der Waals surface area contributed by atoms with Crippen LogP contribution in [0.15, 0.2) is 12.1 Å². The standard InChI is InChI=1S/C31H32F3NO10S/c1-14(30(38)39)8-19(36)21-11-17-23(32)28(27(43-4)25(34)29(17)46-21)45-7-5-6-44-20-10-16-12-35(22(37)9-15(2)31(40)41)13-18(16)24(33)26(20)42-3/h10-11,14-15H,5-9,12-13H2,1-4H3,(H,38,39)(H,40,41)/t14-,15-/m0/s1. The Morgan fingerprint density at radius 2 is 1.48 bits per heavy atom. The van der Waals surface area contributed by atoms with Gasteiger partial charge < -0.3 is 34.1 Å². The molecule has 0 saturated heterocycles. The molecule has 1 aliphatic rings. The lowest BCUT2D eigenvalue weighted by molar-refractivity contribution is -0.145. The fraction of sp³-hybridized carbons (Fsp3) is 0.419. The van der Waals surface area contributed by atoms with E-state index in [9.17, 15) is 19.2 Å². The van der Waals surface area contributed by atoms with Crippen molar-refractivity contribution in [2.75, 3.05) is 27.4 Å². The van der Waals surface area contributed by atoms with Gasteiger partial charge in [0.25, 0.3) is 0 Å². The lowest BCUT2D eigenvalue weighted by atomic mass is 10.0. The van der Waals surface area contributed by atoms with Gasteiger partial charge in [-0.05, 0) is 17.7 Å². The van der Waals surface area contributed by atoms with Crippen LogP contribution in [0.4, 0.5) is 13.2 Å². The third-order valence-corrected chi connectivity index (χ3v) is 8.68. The maximum absolute atomic E-state index is 15.5. The van der Waals surface area contributed by atoms with Gasteiger partial charge in [-0.1, -0.05) is 13.8 Å². The van der Waals surface area contributed by atoms with Gasteiger partial charge in [-0.25, -0.2) is 13.2 Å². The number of hydrogen-bond donors (Lipinski definition) is 2. The lowest BCUT2D eigenvalue weighted by Gasteiger charge is -2.16. The van der Waals surface area contributed by atoms with Crippen molar-refractivity contribution in [2.45, 2.75) is 46.2 Å². The van der Waals surface area contributed by atoms with Crippen LogP contribution in [-0.2, 0) is 27.5 Å². The Kier molecular flexibility index (Phi) is 10.7. The molecule has 2 aromatic carbocycles. The van der Waals surface area contributed by atoms with Crippen molar-refractivity contribution in [3.8, 4) is 23.0 Å². The Labute approximate surface area is 265 Å². The van der Waals surface area contributed by atoms with E-state index in [0.717, 1.165) is 13.2 Å². The van der Waals surface area contributed by atoms with Crippen LogP contribution in [0, 0.1) is 29.3 Å². The average Bonchev–Trinajstić information content (AvgIpc) is 3.65. The molecule has 1 amide bonds. The largest absolute Gasteiger partial charge is 0.490 e. The van der Waals surface area contributed by atoms with E-state index < -0.39 is 64.4 Å². The number of hydrogen-bond acceptors (Lipinski definition) is 9. The summed E-state index contributed by atoms with van der Waals surface area (Å²) in [6.07, 6.45) is -0.444. The minimum absolute atomic E-state index is 0.00802. The molecule has 1 aliphatic heterocycles. The van der Waals surface area contributed by atoms with Crippen LogP contribution in [0.5, 0.6) is 23.0 Å². The Morgan fingerprint density at radius 3 is 2.11 bits per heavy atom. The number of rotatable bonds is 15. The van der Waals surface area contributed by atoms with E-state index in [4.69, 9.17) is 29.2 Å². The second-order valence-corrected chi connectivity index (χ2v) is 11.9. The number of amides is 1. The van der Waals surface area contributed by atoms with E-state index in [-0.39, 0.29) is 77.6 Å². The average molecular weight is 668 g/mol. The second kappa shape index (κ2) is 14.3. The second-order valence-electron chi connectivity index (χ2n) is 10.8. The van der Waals surface area contributed by atoms with Gasteiger partial charge in [-0.3, -0.25) is 19.2 Å². The van der Waals surface area contributed by atoms with Crippen LogP contribution in [0.2, 0.25) is 0 Å². The zero-order valence-electron chi connectivity index (χ0n) is 25.4. The summed E-state index contributed by atoms with van der Waals surface area (Å²) in [4.78, 5) is 48.7. The monoisotopic (exact) mass is 667 g/mol. The van der Waals surface area contributed by atoms with Crippen LogP contribution in [0.1, 0.15) is 53.9 Å². The first-order valence-electron chi connectivity index (χ1n) is 14.2. The van der Waals surface area contributed by atoms with Crippen LogP contribution < -0.4 is 18.9 Å². The van der Waals surface area contributed by atoms with Gasteiger partial charge in [-0.15, -0.1) is 11.3 Å². The first-order valence-corrected chi connectivity index (χ1v) is 15.0. The first kappa shape index (κ1) is 34.3. The SMILES string of the molecule is COc1c(OCCCOc2c(OC)c(F)c3sc(C(=O)C[C@H](C)C(=O)O)cc3c2F)cc2c(c1F)CN(C(=O)C[C@H](C)C(=O)O)C2. The minimum atomic E-state index is -1.17. The number of ketones is 1. The molecule has 15 heteroatoms. The Hall–Kier alpha value is -4.53. The molecule has 1 aromatic heterocycles. The summed E-state index contributed by atoms with van der Waals surface area (Å²) in [5, 5.41) is 17.9. The maximum Gasteiger partial charge on any atom is 0.306 e. The molecule has 0 aliphatic carbocycles. The summed E-state index contributed by atoms with van der Waals surface area (Å²) >= 11 is 0.685. The van der Waals surface area contributed by atoms with Gasteiger partial charge in [0.05, 0.1) is 48.8 Å². The summed E-state index contributed by atoms with van der Waals surface area (Å²) in [6, 6.07) is 2.69. The number of carbonyl (C=O) groups excluding carboxylic acids is 2. The molecule has 2 N–H and O–H groups in total. The number of methoxy groups -OCH3 is 2. The number of ether oxygens (including phenoxy) is 4. The summed E-state index contributed by atoms with van der Waals surface area (Å²) < 4.78 is 67.4. The number of nitrogens with zero attached hydrogens (tertiary/aromatic N) is 1. The predicted molar refractivity (Wildman–Crippen MR) is 158 cm³/mol. The summed E-state index contributed by atoms with van der Waals surface area (Å²) in [7, 11) is 2.38. The molecule has 0 unspecified atom stereocenters. The van der Waals surface area contributed by atoms with Crippen molar-refractivity contribution in [3.63, 3.8) is 0 Å². The van der Waals surface area contributed by atoms with Gasteiger partial charge in [0.15, 0.2) is 34.7 Å². The third kappa shape index (κ3) is 6.98. The van der Waals surface area contributed by atoms with Crippen LogP contribution in [0.25, 0.3) is 10.1 Å². The molecule has 2 atom stereocenters. The van der Waals surface area contributed by atoms with Crippen LogP contribution in [0.3, 0.4) is 0 Å². The molecule has 11 nitrogen and oxygen atoms in total. The highest BCUT2D eigenvalue weighted by Crippen LogP contribution is 2.43. The number of aliphatic carboxylic acids is 2. The van der Waals surface area contributed by atoms with Crippen molar-refractivity contribution in [2.24, 2.45) is 11.8 Å². The zero-order chi connectivity index (χ0) is 33.9. The van der Waals surface area contributed by atoms with E-state index in [2.05, 4.69) is 0 Å². The summed E-state index contributed by atoms with van der Waals surface area (Å²) in [6.45, 7) is 2.55. The maximum atomic E-state index is 15.5. The third-order valence-electron chi connectivity index (χ3n) is 7.51. The highest BCUT2D eigenvalue weighted by Gasteiger charge is 2.32. The Balaban J connectivity index is 1.43. The minimum Gasteiger partial charge on any atom is -0.490 e. The molecular weight excluding hydrogens is 635 g/mol. The molecule has 4 rings (SSSR count). The van der Waals surface area contributed by atoms with Crippen molar-refractivity contribution in [1.82, 2.24) is 4.90 Å². The number of carboxylic acid groups (broad SMARTS) is 2. The number of carboxylic acids is 2. The Morgan fingerprint density at radius 1 is 0.848 bits per heavy atom. The van der Waals surface area contributed by atoms with Crippen LogP contribution in [-0.4, -0.2) is 66.2 Å². The predicted octanol–water partition coefficient (Wildman–Crippen LogP) is 5.43. The van der Waals surface area contributed by atoms with Crippen molar-refractivity contribution in [3.05, 3.63) is 45.6 Å². The van der Waals surface area contributed by atoms with E-state index in [1.807, 2.05) is 0 Å². The van der Waals surface area contributed by atoms with E-state index >= 15 is 13.2 Å². The first-order chi connectivity index (χ1) is 21.8. The smallest absolute Gasteiger partial charge is 0.306 e. The normalized spacial score (nSPS) is 13.7. The van der Waals surface area contributed by atoms with Gasteiger partial charge in [-0.2, -0.15) is 0 Å². The summed E-state index contributed by atoms with van der Waals surface area (Å²) in [5.74, 6) is -8.94. The molecular formula is C31H32F3NO10S. The van der Waals surface area contributed by atoms with Crippen molar-refractivity contribution in [1.29, 1.82) is 0 Å². The van der Waals surface area contributed by atoms with Crippen LogP contribution >= 0.6 is 11.3 Å². The highest BCUT2D eigenvalue weighted by atomic mass is 32.1. The highest BCUT2D eigenvalue weighted by molar-refractivity contribution is 7.20. The van der Waals surface area contributed by atoms with E-state index in [1.54, 1.807) is 0 Å². The molecule has 46 heavy (non-hydrogen) atoms. The topological polar surface area (TPSA) is 149 Å². The lowest BCUT2D eigenvalue weighted by Crippen LogP contribution is -2.28.